The van der Waals surface area contributed by atoms with Crippen molar-refractivity contribution in [3.63, 3.8) is 0 Å². The van der Waals surface area contributed by atoms with Crippen LogP contribution >= 0.6 is 0 Å². The average molecular weight is 391 g/mol. The zero-order chi connectivity index (χ0) is 19.8. The fraction of sp³-hybridized carbons (Fsp3) is 0.500. The molecule has 0 unspecified atom stereocenters. The summed E-state index contributed by atoms with van der Waals surface area (Å²) in [6, 6.07) is 7.77. The molecule has 2 aliphatic heterocycles. The molecule has 3 aromatic rings. The van der Waals surface area contributed by atoms with E-state index in [0.717, 1.165) is 47.7 Å². The van der Waals surface area contributed by atoms with E-state index in [1.807, 2.05) is 19.1 Å². The summed E-state index contributed by atoms with van der Waals surface area (Å²) in [4.78, 5) is 14.9. The molecule has 0 amide bonds. The Morgan fingerprint density at radius 3 is 2.79 bits per heavy atom. The third kappa shape index (κ3) is 3.51. The predicted molar refractivity (Wildman–Crippen MR) is 111 cm³/mol. The van der Waals surface area contributed by atoms with E-state index in [-0.39, 0.29) is 0 Å². The van der Waals surface area contributed by atoms with E-state index in [1.165, 1.54) is 12.8 Å². The molecule has 9 heteroatoms. The van der Waals surface area contributed by atoms with Gasteiger partial charge < -0.3 is 15.6 Å². The molecule has 0 saturated carbocycles. The minimum absolute atomic E-state index is 0.388. The number of hydrogen-bond acceptors (Lipinski definition) is 7. The van der Waals surface area contributed by atoms with Gasteiger partial charge in [0, 0.05) is 48.9 Å². The summed E-state index contributed by atoms with van der Waals surface area (Å²) in [5.41, 5.74) is 2.72. The van der Waals surface area contributed by atoms with Crippen LogP contribution in [0.25, 0.3) is 11.0 Å². The highest BCUT2D eigenvalue weighted by atomic mass is 15.2. The Bertz CT molecular complexity index is 1030. The van der Waals surface area contributed by atoms with Crippen LogP contribution in [-0.4, -0.2) is 54.7 Å². The summed E-state index contributed by atoms with van der Waals surface area (Å²) in [5.74, 6) is 2.25. The molecule has 0 aromatic carbocycles. The smallest absolute Gasteiger partial charge is 0.162 e. The summed E-state index contributed by atoms with van der Waals surface area (Å²) in [5, 5.41) is 23.0. The zero-order valence-corrected chi connectivity index (χ0v) is 16.4. The van der Waals surface area contributed by atoms with Crippen LogP contribution in [0.15, 0.2) is 18.5 Å². The molecule has 0 aliphatic carbocycles. The molecule has 4 N–H and O–H groups in total. The van der Waals surface area contributed by atoms with Gasteiger partial charge in [-0.15, -0.1) is 0 Å². The number of anilines is 3. The summed E-state index contributed by atoms with van der Waals surface area (Å²) >= 11 is 0. The molecule has 9 nitrogen and oxygen atoms in total. The van der Waals surface area contributed by atoms with Crippen molar-refractivity contribution in [2.45, 2.75) is 57.2 Å². The first-order valence-electron chi connectivity index (χ1n) is 10.2. The fourth-order valence-corrected chi connectivity index (χ4v) is 4.86. The molecule has 3 aromatic heterocycles. The van der Waals surface area contributed by atoms with Crippen LogP contribution in [0.3, 0.4) is 0 Å². The number of aromatic amines is 2. The molecule has 2 bridgehead atoms. The maximum atomic E-state index is 8.92. The van der Waals surface area contributed by atoms with Crippen molar-refractivity contribution < 1.29 is 0 Å². The third-order valence-corrected chi connectivity index (χ3v) is 6.08. The summed E-state index contributed by atoms with van der Waals surface area (Å²) in [6.45, 7) is 2.86. The molecular formula is C20H25N9. The van der Waals surface area contributed by atoms with Gasteiger partial charge in [-0.2, -0.15) is 10.4 Å². The number of H-pyrrole nitrogens is 2. The number of nitrogens with one attached hydrogen (secondary N) is 4. The van der Waals surface area contributed by atoms with Crippen molar-refractivity contribution in [3.05, 3.63) is 24.2 Å². The molecule has 0 radical (unpaired) electrons. The van der Waals surface area contributed by atoms with Gasteiger partial charge in [0.25, 0.3) is 0 Å². The van der Waals surface area contributed by atoms with E-state index in [9.17, 15) is 0 Å². The van der Waals surface area contributed by atoms with Crippen molar-refractivity contribution in [2.75, 3.05) is 17.2 Å². The first-order chi connectivity index (χ1) is 14.2. The lowest BCUT2D eigenvalue weighted by molar-refractivity contribution is 0.136. The number of aryl methyl sites for hydroxylation is 1. The van der Waals surface area contributed by atoms with Crippen LogP contribution in [0.1, 0.15) is 37.8 Å². The monoisotopic (exact) mass is 391 g/mol. The van der Waals surface area contributed by atoms with Crippen LogP contribution in [-0.2, 0) is 0 Å². The van der Waals surface area contributed by atoms with Gasteiger partial charge in [-0.1, -0.05) is 0 Å². The van der Waals surface area contributed by atoms with Crippen LogP contribution < -0.4 is 10.6 Å². The Hall–Kier alpha value is -3.12. The van der Waals surface area contributed by atoms with Gasteiger partial charge in [-0.3, -0.25) is 10.00 Å². The van der Waals surface area contributed by atoms with Gasteiger partial charge in [0.2, 0.25) is 0 Å². The van der Waals surface area contributed by atoms with E-state index in [4.69, 9.17) is 10.2 Å². The first-order valence-corrected chi connectivity index (χ1v) is 10.2. The van der Waals surface area contributed by atoms with Crippen LogP contribution in [0.4, 0.5) is 17.5 Å². The van der Waals surface area contributed by atoms with Crippen LogP contribution in [0.2, 0.25) is 0 Å². The minimum atomic E-state index is 0.388. The Morgan fingerprint density at radius 2 is 2.07 bits per heavy atom. The second-order valence-corrected chi connectivity index (χ2v) is 8.06. The number of nitrogens with zero attached hydrogens (tertiary/aromatic N) is 5. The standard InChI is InChI=1S/C20H25N9/c1-12-7-18(28-27-12)26-20-19-16(22-11-23-19)10-17(25-20)24-13-8-14-3-4-15(9-13)29(14)6-2-5-21/h7,10-11,13-15H,2-4,6,8-9H2,1H3,(H,22,23)(H3,24,25,26,27,28)/t13-,14-,15+. The maximum Gasteiger partial charge on any atom is 0.162 e. The Balaban J connectivity index is 1.34. The Labute approximate surface area is 168 Å². The van der Waals surface area contributed by atoms with E-state index < -0.39 is 0 Å². The van der Waals surface area contributed by atoms with Gasteiger partial charge in [0.15, 0.2) is 11.6 Å². The third-order valence-electron chi connectivity index (χ3n) is 6.08. The molecule has 150 valence electrons. The number of fused-ring (bicyclic) bond motifs is 3. The number of pyridine rings is 1. The van der Waals surface area contributed by atoms with Crippen molar-refractivity contribution >= 4 is 28.5 Å². The molecule has 2 aliphatic rings. The first kappa shape index (κ1) is 17.9. The number of hydrogen-bond donors (Lipinski definition) is 4. The predicted octanol–water partition coefficient (Wildman–Crippen LogP) is 3.05. The summed E-state index contributed by atoms with van der Waals surface area (Å²) in [7, 11) is 0. The fourth-order valence-electron chi connectivity index (χ4n) is 4.86. The van der Waals surface area contributed by atoms with Crippen molar-refractivity contribution in [1.29, 1.82) is 5.26 Å². The van der Waals surface area contributed by atoms with Crippen molar-refractivity contribution in [2.24, 2.45) is 0 Å². The molecule has 0 spiro atoms. The van der Waals surface area contributed by atoms with Gasteiger partial charge >= 0.3 is 0 Å². The highest BCUT2D eigenvalue weighted by molar-refractivity contribution is 5.89. The number of rotatable bonds is 6. The van der Waals surface area contributed by atoms with Gasteiger partial charge in [0.1, 0.15) is 11.3 Å². The average Bonchev–Trinajstić information content (AvgIpc) is 3.39. The van der Waals surface area contributed by atoms with Crippen molar-refractivity contribution in [3.8, 4) is 6.07 Å². The van der Waals surface area contributed by atoms with Crippen molar-refractivity contribution in [1.82, 2.24) is 30.0 Å². The van der Waals surface area contributed by atoms with Crippen LogP contribution in [0.5, 0.6) is 0 Å². The van der Waals surface area contributed by atoms with Crippen LogP contribution in [0, 0.1) is 18.3 Å². The molecule has 2 fully saturated rings. The second-order valence-electron chi connectivity index (χ2n) is 8.06. The molecule has 5 heterocycles. The Kier molecular flexibility index (Phi) is 4.56. The van der Waals surface area contributed by atoms with Gasteiger partial charge in [-0.05, 0) is 32.6 Å². The number of aromatic nitrogens is 5. The van der Waals surface area contributed by atoms with E-state index in [1.54, 1.807) is 6.33 Å². The summed E-state index contributed by atoms with van der Waals surface area (Å²) < 4.78 is 0. The van der Waals surface area contributed by atoms with E-state index in [0.29, 0.717) is 30.4 Å². The molecule has 5 rings (SSSR count). The SMILES string of the molecule is Cc1cc(Nc2nc(N[C@@H]3C[C@H]4CC[C@@H](C3)N4CCC#N)cc3[nH]cnc23)n[nH]1. The number of nitriles is 1. The largest absolute Gasteiger partial charge is 0.367 e. The quantitative estimate of drug-likeness (QED) is 0.509. The lowest BCUT2D eigenvalue weighted by Crippen LogP contribution is -2.47. The molecule has 3 atom stereocenters. The highest BCUT2D eigenvalue weighted by Gasteiger charge is 2.40. The molecule has 29 heavy (non-hydrogen) atoms. The topological polar surface area (TPSA) is 121 Å². The Morgan fingerprint density at radius 1 is 1.24 bits per heavy atom. The van der Waals surface area contributed by atoms with E-state index in [2.05, 4.69) is 41.8 Å². The minimum Gasteiger partial charge on any atom is -0.367 e. The molecule has 2 saturated heterocycles. The zero-order valence-electron chi connectivity index (χ0n) is 16.4. The second kappa shape index (κ2) is 7.37. The normalized spacial score (nSPS) is 23.9. The van der Waals surface area contributed by atoms with Gasteiger partial charge in [-0.25, -0.2) is 9.97 Å². The lowest BCUT2D eigenvalue weighted by atomic mass is 9.97. The summed E-state index contributed by atoms with van der Waals surface area (Å²) in [6.07, 6.45) is 6.94. The lowest BCUT2D eigenvalue weighted by Gasteiger charge is -2.39. The maximum absolute atomic E-state index is 8.92. The van der Waals surface area contributed by atoms with Gasteiger partial charge in [0.05, 0.1) is 17.9 Å². The highest BCUT2D eigenvalue weighted by Crippen LogP contribution is 2.37. The molecular weight excluding hydrogens is 366 g/mol. The van der Waals surface area contributed by atoms with E-state index >= 15 is 0 Å². The number of piperidine rings is 1. The number of imidazole rings is 1.